The standard InChI is InChI=1S/C11H15BrN2S/c12-10-1-2-11(9(7-10)8-13)14-3-5-15-6-4-14/h1-2,7H,3-6,8,13H2. The molecule has 2 N–H and O–H groups in total. The zero-order chi connectivity index (χ0) is 10.7. The van der Waals surface area contributed by atoms with Crippen LogP contribution in [0.4, 0.5) is 5.69 Å². The Morgan fingerprint density at radius 2 is 2.07 bits per heavy atom. The summed E-state index contributed by atoms with van der Waals surface area (Å²) >= 11 is 5.51. The van der Waals surface area contributed by atoms with Gasteiger partial charge in [0, 0.05) is 41.3 Å². The predicted molar refractivity (Wildman–Crippen MR) is 71.6 cm³/mol. The minimum Gasteiger partial charge on any atom is -0.370 e. The molecule has 0 radical (unpaired) electrons. The van der Waals surface area contributed by atoms with Gasteiger partial charge < -0.3 is 10.6 Å². The summed E-state index contributed by atoms with van der Waals surface area (Å²) in [4.78, 5) is 2.44. The highest BCUT2D eigenvalue weighted by molar-refractivity contribution is 9.10. The molecule has 1 aromatic rings. The molecule has 0 amide bonds. The van der Waals surface area contributed by atoms with Gasteiger partial charge in [0.15, 0.2) is 0 Å². The number of nitrogens with zero attached hydrogens (tertiary/aromatic N) is 1. The molecule has 0 aromatic heterocycles. The Labute approximate surface area is 103 Å². The highest BCUT2D eigenvalue weighted by Crippen LogP contribution is 2.26. The Balaban J connectivity index is 2.25. The Hall–Kier alpha value is -0.190. The lowest BCUT2D eigenvalue weighted by molar-refractivity contribution is 0.846. The van der Waals surface area contributed by atoms with E-state index in [1.54, 1.807) is 0 Å². The van der Waals surface area contributed by atoms with E-state index < -0.39 is 0 Å². The first kappa shape index (κ1) is 11.3. The van der Waals surface area contributed by atoms with Gasteiger partial charge in [0.05, 0.1) is 0 Å². The molecule has 15 heavy (non-hydrogen) atoms. The van der Waals surface area contributed by atoms with Crippen LogP contribution in [0.2, 0.25) is 0 Å². The van der Waals surface area contributed by atoms with Crippen LogP contribution in [0, 0.1) is 0 Å². The summed E-state index contributed by atoms with van der Waals surface area (Å²) in [6.07, 6.45) is 0. The van der Waals surface area contributed by atoms with Crippen molar-refractivity contribution in [3.05, 3.63) is 28.2 Å². The maximum Gasteiger partial charge on any atom is 0.0413 e. The maximum absolute atomic E-state index is 5.77. The number of hydrogen-bond donors (Lipinski definition) is 1. The van der Waals surface area contributed by atoms with Crippen molar-refractivity contribution in [3.63, 3.8) is 0 Å². The second-order valence-corrected chi connectivity index (χ2v) is 5.72. The zero-order valence-electron chi connectivity index (χ0n) is 8.58. The third kappa shape index (κ3) is 2.68. The van der Waals surface area contributed by atoms with E-state index in [9.17, 15) is 0 Å². The van der Waals surface area contributed by atoms with Crippen LogP contribution in [0.3, 0.4) is 0 Å². The van der Waals surface area contributed by atoms with E-state index in [4.69, 9.17) is 5.73 Å². The van der Waals surface area contributed by atoms with Crippen LogP contribution in [0.5, 0.6) is 0 Å². The summed E-state index contributed by atoms with van der Waals surface area (Å²) in [5.74, 6) is 2.44. The monoisotopic (exact) mass is 286 g/mol. The highest BCUT2D eigenvalue weighted by Gasteiger charge is 2.13. The molecule has 0 bridgehead atoms. The van der Waals surface area contributed by atoms with E-state index in [1.165, 1.54) is 22.8 Å². The van der Waals surface area contributed by atoms with Gasteiger partial charge in [0.1, 0.15) is 0 Å². The minimum atomic E-state index is 0.610. The first-order valence-corrected chi connectivity index (χ1v) is 7.07. The van der Waals surface area contributed by atoms with Gasteiger partial charge in [-0.3, -0.25) is 0 Å². The van der Waals surface area contributed by atoms with Crippen molar-refractivity contribution in [3.8, 4) is 0 Å². The average molecular weight is 287 g/mol. The molecule has 0 saturated carbocycles. The normalized spacial score (nSPS) is 16.8. The third-order valence-electron chi connectivity index (χ3n) is 2.61. The van der Waals surface area contributed by atoms with E-state index in [0.717, 1.165) is 17.6 Å². The van der Waals surface area contributed by atoms with Crippen LogP contribution in [0.25, 0.3) is 0 Å². The summed E-state index contributed by atoms with van der Waals surface area (Å²) < 4.78 is 1.11. The lowest BCUT2D eigenvalue weighted by Gasteiger charge is -2.30. The van der Waals surface area contributed by atoms with Crippen LogP contribution in [-0.4, -0.2) is 24.6 Å². The van der Waals surface area contributed by atoms with Crippen LogP contribution >= 0.6 is 27.7 Å². The topological polar surface area (TPSA) is 29.3 Å². The highest BCUT2D eigenvalue weighted by atomic mass is 79.9. The molecule has 0 aliphatic carbocycles. The lowest BCUT2D eigenvalue weighted by Crippen LogP contribution is -2.33. The first-order chi connectivity index (χ1) is 7.31. The van der Waals surface area contributed by atoms with Crippen LogP contribution in [0.15, 0.2) is 22.7 Å². The second-order valence-electron chi connectivity index (χ2n) is 3.58. The van der Waals surface area contributed by atoms with Gasteiger partial charge in [-0.25, -0.2) is 0 Å². The van der Waals surface area contributed by atoms with Crippen molar-refractivity contribution in [2.24, 2.45) is 5.73 Å². The molecule has 0 spiro atoms. The fraction of sp³-hybridized carbons (Fsp3) is 0.455. The van der Waals surface area contributed by atoms with Crippen molar-refractivity contribution >= 4 is 33.4 Å². The van der Waals surface area contributed by atoms with E-state index in [2.05, 4.69) is 39.0 Å². The van der Waals surface area contributed by atoms with E-state index in [1.807, 2.05) is 11.8 Å². The fourth-order valence-corrected chi connectivity index (χ4v) is 3.14. The van der Waals surface area contributed by atoms with E-state index in [0.29, 0.717) is 6.54 Å². The Morgan fingerprint density at radius 1 is 1.33 bits per heavy atom. The summed E-state index contributed by atoms with van der Waals surface area (Å²) in [7, 11) is 0. The number of nitrogens with two attached hydrogens (primary N) is 1. The quantitative estimate of drug-likeness (QED) is 0.906. The van der Waals surface area contributed by atoms with Gasteiger partial charge in [-0.1, -0.05) is 15.9 Å². The fourth-order valence-electron chi connectivity index (χ4n) is 1.83. The number of rotatable bonds is 2. The number of hydrogen-bond acceptors (Lipinski definition) is 3. The third-order valence-corrected chi connectivity index (χ3v) is 4.05. The lowest BCUT2D eigenvalue weighted by atomic mass is 10.1. The van der Waals surface area contributed by atoms with Crippen LogP contribution < -0.4 is 10.6 Å². The maximum atomic E-state index is 5.77. The van der Waals surface area contributed by atoms with Crippen molar-refractivity contribution in [1.29, 1.82) is 0 Å². The largest absolute Gasteiger partial charge is 0.370 e. The first-order valence-electron chi connectivity index (χ1n) is 5.12. The van der Waals surface area contributed by atoms with Gasteiger partial charge in [-0.15, -0.1) is 0 Å². The SMILES string of the molecule is NCc1cc(Br)ccc1N1CCSCC1. The molecule has 2 rings (SSSR count). The molecule has 0 unspecified atom stereocenters. The molecule has 4 heteroatoms. The van der Waals surface area contributed by atoms with Crippen molar-refractivity contribution in [1.82, 2.24) is 0 Å². The van der Waals surface area contributed by atoms with Gasteiger partial charge in [0.2, 0.25) is 0 Å². The van der Waals surface area contributed by atoms with Gasteiger partial charge in [0.25, 0.3) is 0 Å². The summed E-state index contributed by atoms with van der Waals surface area (Å²) in [6.45, 7) is 2.89. The zero-order valence-corrected chi connectivity index (χ0v) is 11.0. The van der Waals surface area contributed by atoms with Crippen molar-refractivity contribution in [2.45, 2.75) is 6.54 Å². The number of benzene rings is 1. The van der Waals surface area contributed by atoms with Crippen LogP contribution in [0.1, 0.15) is 5.56 Å². The second kappa shape index (κ2) is 5.23. The van der Waals surface area contributed by atoms with Gasteiger partial charge in [-0.05, 0) is 23.8 Å². The summed E-state index contributed by atoms with van der Waals surface area (Å²) in [5, 5.41) is 0. The number of halogens is 1. The van der Waals surface area contributed by atoms with Crippen molar-refractivity contribution < 1.29 is 0 Å². The molecular weight excluding hydrogens is 272 g/mol. The molecule has 1 aliphatic heterocycles. The Bertz CT molecular complexity index is 337. The van der Waals surface area contributed by atoms with Gasteiger partial charge in [-0.2, -0.15) is 11.8 Å². The molecule has 2 nitrogen and oxygen atoms in total. The molecule has 1 fully saturated rings. The molecular formula is C11H15BrN2S. The Morgan fingerprint density at radius 3 is 2.73 bits per heavy atom. The smallest absolute Gasteiger partial charge is 0.0413 e. The molecule has 0 atom stereocenters. The van der Waals surface area contributed by atoms with Crippen LogP contribution in [-0.2, 0) is 6.54 Å². The summed E-state index contributed by atoms with van der Waals surface area (Å²) in [6, 6.07) is 6.38. The van der Waals surface area contributed by atoms with Crippen molar-refractivity contribution in [2.75, 3.05) is 29.5 Å². The molecule has 1 aliphatic rings. The van der Waals surface area contributed by atoms with E-state index >= 15 is 0 Å². The molecule has 1 aromatic carbocycles. The number of anilines is 1. The predicted octanol–water partition coefficient (Wildman–Crippen LogP) is 2.46. The Kier molecular flexibility index (Phi) is 3.94. The molecule has 1 heterocycles. The number of thioether (sulfide) groups is 1. The molecule has 1 saturated heterocycles. The van der Waals surface area contributed by atoms with E-state index in [-0.39, 0.29) is 0 Å². The average Bonchev–Trinajstić information content (AvgIpc) is 2.30. The molecule has 82 valence electrons. The van der Waals surface area contributed by atoms with Gasteiger partial charge >= 0.3 is 0 Å². The summed E-state index contributed by atoms with van der Waals surface area (Å²) in [5.41, 5.74) is 8.31. The minimum absolute atomic E-state index is 0.610.